The zero-order valence-electron chi connectivity index (χ0n) is 39.8. The number of nitrogens with zero attached hydrogens (tertiary/aromatic N) is 6. The van der Waals surface area contributed by atoms with E-state index in [2.05, 4.69) is 35.7 Å². The molecule has 3 fully saturated rings. The van der Waals surface area contributed by atoms with Gasteiger partial charge in [-0.2, -0.15) is 20.3 Å². The molecule has 4 aromatic rings. The van der Waals surface area contributed by atoms with E-state index in [0.717, 1.165) is 71.8 Å². The molecule has 4 aromatic heterocycles. The maximum atomic E-state index is 12.8. The molecule has 0 aromatic carbocycles. The number of ether oxygens (including phenoxy) is 4. The van der Waals surface area contributed by atoms with E-state index in [1.54, 1.807) is 52.8 Å². The number of aromatic nitrogens is 4. The molecule has 0 bridgehead atoms. The van der Waals surface area contributed by atoms with Crippen LogP contribution in [0.2, 0.25) is 0 Å². The quantitative estimate of drug-likeness (QED) is 0.0625. The van der Waals surface area contributed by atoms with Crippen LogP contribution in [0.1, 0.15) is 133 Å². The molecule has 2 amide bonds. The van der Waals surface area contributed by atoms with Crippen LogP contribution in [0, 0.1) is 11.3 Å². The first kappa shape index (κ1) is 58.4. The summed E-state index contributed by atoms with van der Waals surface area (Å²) in [4.78, 5) is 70.1. The fourth-order valence-electron chi connectivity index (χ4n) is 6.53. The smallest absolute Gasteiger partial charge is 1.00 e. The summed E-state index contributed by atoms with van der Waals surface area (Å²) in [6.07, 6.45) is 16.0. The minimum atomic E-state index is -0.791. The fourth-order valence-corrected chi connectivity index (χ4v) is 8.53. The molecule has 66 heavy (non-hydrogen) atoms. The average molecular weight is 980 g/mol. The standard InChI is InChI=1S/C21H27N3O3S.C18H21N3O4S.C5H11.C4H8O.ClH.Mg/c1-4-21(2,3)18(25)20(26)24-11-6-8-17(24)19-23-15(14-28-19)9-12-27-16-7-5-10-22-13-16;1-2-24-18(23)17(22)21-9-4-6-15(21)16-20-13(12-26-16)7-10-25-14-5-3-8-19-11-14;1-4-5(2)3;1-2-4-5-3-1;;/h5,7,10,13-14,17H,4,6,8-9,11-12H2,1-3H3;3,5,8,11-12,15H,2,4,6-7,9-10H2,1H3;4H2,1-3H3;1-4H2;1H;/q;;-1;;;+2/p-1/t17-;15-;;;;/m00..../s1. The predicted octanol–water partition coefficient (Wildman–Crippen LogP) is 5.65. The van der Waals surface area contributed by atoms with Gasteiger partial charge in [0.2, 0.25) is 5.78 Å². The number of thiazole rings is 2. The second kappa shape index (κ2) is 31.3. The van der Waals surface area contributed by atoms with Gasteiger partial charge in [0.15, 0.2) is 0 Å². The summed E-state index contributed by atoms with van der Waals surface area (Å²) in [5.74, 6) is 0.930. The molecule has 7 rings (SSSR count). The molecule has 0 spiro atoms. The Kier molecular flexibility index (Phi) is 27.7. The topological polar surface area (TPSA) is 163 Å². The van der Waals surface area contributed by atoms with Crippen molar-refractivity contribution in [2.24, 2.45) is 5.41 Å². The van der Waals surface area contributed by atoms with Gasteiger partial charge in [0.1, 0.15) is 21.5 Å². The van der Waals surface area contributed by atoms with Crippen LogP contribution < -0.4 is 21.9 Å². The van der Waals surface area contributed by atoms with Gasteiger partial charge < -0.3 is 47.1 Å². The van der Waals surface area contributed by atoms with E-state index < -0.39 is 17.3 Å². The Balaban J connectivity index is 0.000000366. The van der Waals surface area contributed by atoms with Crippen molar-refractivity contribution in [3.05, 3.63) is 87.1 Å². The normalized spacial score (nSPS) is 16.2. The van der Waals surface area contributed by atoms with Crippen LogP contribution in [0.5, 0.6) is 11.5 Å². The maximum absolute atomic E-state index is 12.8. The first-order valence-corrected chi connectivity index (χ1v) is 24.3. The molecule has 3 saturated heterocycles. The first-order valence-electron chi connectivity index (χ1n) is 22.5. The molecule has 358 valence electrons. The Bertz CT molecular complexity index is 2000. The van der Waals surface area contributed by atoms with Crippen molar-refractivity contribution in [2.75, 3.05) is 46.1 Å². The van der Waals surface area contributed by atoms with Crippen LogP contribution in [0.4, 0.5) is 0 Å². The van der Waals surface area contributed by atoms with Gasteiger partial charge in [-0.05, 0) is 76.1 Å². The molecule has 0 saturated carbocycles. The summed E-state index contributed by atoms with van der Waals surface area (Å²) < 4.78 is 21.1. The molecule has 3 aliphatic heterocycles. The van der Waals surface area contributed by atoms with Crippen LogP contribution >= 0.6 is 22.7 Å². The molecule has 14 nitrogen and oxygen atoms in total. The second-order valence-corrected chi connectivity index (χ2v) is 18.2. The summed E-state index contributed by atoms with van der Waals surface area (Å²) in [5.41, 5.74) is 1.25. The van der Waals surface area contributed by atoms with Crippen LogP contribution in [0.25, 0.3) is 0 Å². The number of rotatable bonds is 15. The number of hydrogen-bond acceptors (Lipinski definition) is 14. The van der Waals surface area contributed by atoms with Crippen molar-refractivity contribution < 1.29 is 50.5 Å². The van der Waals surface area contributed by atoms with Crippen LogP contribution in [-0.4, -0.2) is 122 Å². The Morgan fingerprint density at radius 3 is 1.62 bits per heavy atom. The SMILES string of the molecule is C1CCOC1.CCC(C)(C)C(=O)C(=O)N1CCC[C@H]1c1nc(CCOc2cccnc2)cs1.CCOC(=O)C(=O)N1CCC[C@H]1c1nc(CCOc2cccnc2)cs1.CC[C-](C)C.[Cl-].[Mg+2]. The Morgan fingerprint density at radius 1 is 0.773 bits per heavy atom. The van der Waals surface area contributed by atoms with Gasteiger partial charge in [0, 0.05) is 67.7 Å². The zero-order valence-corrected chi connectivity index (χ0v) is 43.6. The first-order chi connectivity index (χ1) is 30.9. The van der Waals surface area contributed by atoms with Crippen LogP contribution in [0.15, 0.2) is 59.8 Å². The summed E-state index contributed by atoms with van der Waals surface area (Å²) in [7, 11) is 0. The van der Waals surface area contributed by atoms with Gasteiger partial charge in [-0.25, -0.2) is 14.8 Å². The number of hydrogen-bond donors (Lipinski definition) is 0. The molecule has 0 aliphatic carbocycles. The molecule has 18 heteroatoms. The number of amides is 2. The number of carbonyl (C=O) groups is 4. The third-order valence-electron chi connectivity index (χ3n) is 10.9. The van der Waals surface area contributed by atoms with E-state index in [1.807, 2.05) is 55.8 Å². The number of ketones is 1. The average Bonchev–Trinajstić information content (AvgIpc) is 4.18. The van der Waals surface area contributed by atoms with E-state index in [1.165, 1.54) is 36.5 Å². The molecule has 0 radical (unpaired) electrons. The van der Waals surface area contributed by atoms with Crippen molar-refractivity contribution in [3.8, 4) is 11.5 Å². The van der Waals surface area contributed by atoms with E-state index in [0.29, 0.717) is 45.6 Å². The van der Waals surface area contributed by atoms with Gasteiger partial charge in [-0.15, -0.1) is 22.7 Å². The fraction of sp³-hybridized carbons (Fsp3) is 0.562. The molecule has 2 atom stereocenters. The van der Waals surface area contributed by atoms with Gasteiger partial charge in [0.05, 0.1) is 55.7 Å². The summed E-state index contributed by atoms with van der Waals surface area (Å²) >= 11 is 3.07. The maximum Gasteiger partial charge on any atom is 2.00 e. The van der Waals surface area contributed by atoms with Gasteiger partial charge in [0.25, 0.3) is 5.91 Å². The van der Waals surface area contributed by atoms with Gasteiger partial charge in [-0.1, -0.05) is 27.7 Å². The molecule has 3 aliphatic rings. The minimum absolute atomic E-state index is 0. The summed E-state index contributed by atoms with van der Waals surface area (Å²) in [5, 5.41) is 5.76. The van der Waals surface area contributed by atoms with Crippen molar-refractivity contribution in [2.45, 2.75) is 125 Å². The molecule has 0 unspecified atom stereocenters. The molecule has 0 N–H and O–H groups in total. The van der Waals surface area contributed by atoms with Gasteiger partial charge >= 0.3 is 34.9 Å². The monoisotopic (exact) mass is 978 g/mol. The Labute approximate surface area is 421 Å². The van der Waals surface area contributed by atoms with Crippen molar-refractivity contribution in [1.82, 2.24) is 29.7 Å². The van der Waals surface area contributed by atoms with Gasteiger partial charge in [-0.3, -0.25) is 24.4 Å². The Morgan fingerprint density at radius 2 is 1.24 bits per heavy atom. The number of likely N-dealkylation sites (tertiary alicyclic amines) is 2. The third kappa shape index (κ3) is 19.1. The third-order valence-corrected chi connectivity index (χ3v) is 12.9. The predicted molar refractivity (Wildman–Crippen MR) is 255 cm³/mol. The minimum Gasteiger partial charge on any atom is -1.00 e. The molecular formula is C48H67ClMgN6O8S2. The summed E-state index contributed by atoms with van der Waals surface area (Å²) in [6.45, 7) is 18.1. The number of carbonyl (C=O) groups excluding carboxylic acids is 4. The number of Topliss-reactive ketones (excluding diaryl/α,β-unsaturated/α-hetero) is 1. The molecular weight excluding hydrogens is 912 g/mol. The van der Waals surface area contributed by atoms with Crippen molar-refractivity contribution in [3.63, 3.8) is 0 Å². The molecule has 7 heterocycles. The van der Waals surface area contributed by atoms with E-state index in [9.17, 15) is 19.2 Å². The van der Waals surface area contributed by atoms with Crippen molar-refractivity contribution >= 4 is 69.3 Å². The number of halogens is 1. The Hall–Kier alpha value is -3.74. The van der Waals surface area contributed by atoms with E-state index in [-0.39, 0.29) is 65.8 Å². The number of pyridine rings is 2. The second-order valence-electron chi connectivity index (χ2n) is 16.4. The van der Waals surface area contributed by atoms with Crippen molar-refractivity contribution in [1.29, 1.82) is 0 Å². The zero-order chi connectivity index (χ0) is 46.3. The van der Waals surface area contributed by atoms with Crippen LogP contribution in [0.3, 0.4) is 0 Å². The number of esters is 1. The van der Waals surface area contributed by atoms with Crippen LogP contribution in [-0.2, 0) is 41.5 Å². The van der Waals surface area contributed by atoms with E-state index >= 15 is 0 Å². The van der Waals surface area contributed by atoms with E-state index in [4.69, 9.17) is 23.9 Å². The largest absolute Gasteiger partial charge is 2.00 e. The summed E-state index contributed by atoms with van der Waals surface area (Å²) in [6, 6.07) is 7.15.